The first kappa shape index (κ1) is 13.9. The van der Waals surface area contributed by atoms with E-state index in [-0.39, 0.29) is 5.91 Å². The van der Waals surface area contributed by atoms with Crippen molar-refractivity contribution in [1.29, 1.82) is 0 Å². The van der Waals surface area contributed by atoms with Crippen LogP contribution in [0.1, 0.15) is 36.3 Å². The fourth-order valence-electron chi connectivity index (χ4n) is 3.06. The van der Waals surface area contributed by atoms with Gasteiger partial charge in [0.1, 0.15) is 0 Å². The zero-order valence-corrected chi connectivity index (χ0v) is 12.2. The number of nitrogens with zero attached hydrogens (tertiary/aromatic N) is 2. The second-order valence-corrected chi connectivity index (χ2v) is 5.64. The highest BCUT2D eigenvalue weighted by Gasteiger charge is 2.23. The van der Waals surface area contributed by atoms with Crippen molar-refractivity contribution in [1.82, 2.24) is 14.9 Å². The van der Waals surface area contributed by atoms with Gasteiger partial charge in [-0.2, -0.15) is 0 Å². The van der Waals surface area contributed by atoms with Crippen molar-refractivity contribution in [3.63, 3.8) is 0 Å². The molecule has 110 valence electrons. The first-order valence-electron chi connectivity index (χ1n) is 7.63. The van der Waals surface area contributed by atoms with Crippen molar-refractivity contribution in [2.45, 2.75) is 38.1 Å². The molecule has 0 bridgehead atoms. The van der Waals surface area contributed by atoms with Crippen LogP contribution >= 0.6 is 0 Å². The molecule has 0 saturated heterocycles. The van der Waals surface area contributed by atoms with E-state index in [2.05, 4.69) is 34.6 Å². The lowest BCUT2D eigenvalue weighted by molar-refractivity contribution is -0.121. The average molecular weight is 283 g/mol. The Kier molecular flexibility index (Phi) is 4.34. The van der Waals surface area contributed by atoms with Crippen molar-refractivity contribution in [2.24, 2.45) is 0 Å². The zero-order valence-electron chi connectivity index (χ0n) is 12.2. The Hall–Kier alpha value is -2.10. The maximum absolute atomic E-state index is 12.0. The van der Waals surface area contributed by atoms with Crippen molar-refractivity contribution in [2.75, 3.05) is 6.54 Å². The molecule has 1 heterocycles. The van der Waals surface area contributed by atoms with Crippen molar-refractivity contribution in [3.05, 3.63) is 54.1 Å². The predicted octanol–water partition coefficient (Wildman–Crippen LogP) is 2.51. The highest BCUT2D eigenvalue weighted by atomic mass is 16.1. The van der Waals surface area contributed by atoms with Crippen LogP contribution in [0.3, 0.4) is 0 Å². The van der Waals surface area contributed by atoms with Crippen LogP contribution in [-0.4, -0.2) is 22.0 Å². The van der Waals surface area contributed by atoms with E-state index in [0.717, 1.165) is 32.4 Å². The molecular weight excluding hydrogens is 262 g/mol. The third kappa shape index (κ3) is 3.51. The van der Waals surface area contributed by atoms with Crippen LogP contribution in [0, 0.1) is 0 Å². The van der Waals surface area contributed by atoms with E-state index < -0.39 is 0 Å². The molecule has 21 heavy (non-hydrogen) atoms. The summed E-state index contributed by atoms with van der Waals surface area (Å²) in [5, 5.41) is 3.03. The third-order valence-electron chi connectivity index (χ3n) is 4.16. The predicted molar refractivity (Wildman–Crippen MR) is 82.0 cm³/mol. The SMILES string of the molecule is O=C(C[C@@H]1CCc2ccccc21)NCCCn1ccnc1. The van der Waals surface area contributed by atoms with Crippen LogP contribution < -0.4 is 5.32 Å². The molecule has 1 aliphatic rings. The van der Waals surface area contributed by atoms with Gasteiger partial charge in [0.25, 0.3) is 0 Å². The molecule has 0 aliphatic heterocycles. The molecule has 1 atom stereocenters. The van der Waals surface area contributed by atoms with E-state index in [1.165, 1.54) is 11.1 Å². The topological polar surface area (TPSA) is 46.9 Å². The van der Waals surface area contributed by atoms with Crippen molar-refractivity contribution in [3.8, 4) is 0 Å². The summed E-state index contributed by atoms with van der Waals surface area (Å²) in [5.41, 5.74) is 2.78. The van der Waals surface area contributed by atoms with Gasteiger partial charge in [0.15, 0.2) is 0 Å². The molecular formula is C17H21N3O. The number of hydrogen-bond donors (Lipinski definition) is 1. The van der Waals surface area contributed by atoms with Crippen LogP contribution in [-0.2, 0) is 17.8 Å². The van der Waals surface area contributed by atoms with Gasteiger partial charge in [0.2, 0.25) is 5.91 Å². The van der Waals surface area contributed by atoms with Crippen LogP contribution in [0.5, 0.6) is 0 Å². The summed E-state index contributed by atoms with van der Waals surface area (Å²) in [4.78, 5) is 16.0. The number of hydrogen-bond acceptors (Lipinski definition) is 2. The lowest BCUT2D eigenvalue weighted by atomic mass is 9.97. The van der Waals surface area contributed by atoms with Gasteiger partial charge in [-0.1, -0.05) is 24.3 Å². The number of amides is 1. The number of benzene rings is 1. The first-order valence-corrected chi connectivity index (χ1v) is 7.63. The first-order chi connectivity index (χ1) is 10.3. The minimum absolute atomic E-state index is 0.169. The van der Waals surface area contributed by atoms with Gasteiger partial charge in [0.05, 0.1) is 6.33 Å². The highest BCUT2D eigenvalue weighted by molar-refractivity contribution is 5.77. The Balaban J connectivity index is 1.41. The molecule has 4 nitrogen and oxygen atoms in total. The third-order valence-corrected chi connectivity index (χ3v) is 4.16. The van der Waals surface area contributed by atoms with Crippen LogP contribution in [0.4, 0.5) is 0 Å². The number of carbonyl (C=O) groups excluding carboxylic acids is 1. The quantitative estimate of drug-likeness (QED) is 0.828. The second-order valence-electron chi connectivity index (χ2n) is 5.64. The second kappa shape index (κ2) is 6.57. The molecule has 0 unspecified atom stereocenters. The Bertz CT molecular complexity index is 592. The molecule has 1 aromatic carbocycles. The largest absolute Gasteiger partial charge is 0.356 e. The summed E-state index contributed by atoms with van der Waals surface area (Å²) in [6, 6.07) is 8.50. The molecule has 4 heteroatoms. The van der Waals surface area contributed by atoms with Gasteiger partial charge in [-0.05, 0) is 36.3 Å². The van der Waals surface area contributed by atoms with E-state index in [1.54, 1.807) is 12.5 Å². The number of fused-ring (bicyclic) bond motifs is 1. The van der Waals surface area contributed by atoms with Crippen molar-refractivity contribution < 1.29 is 4.79 Å². The normalized spacial score (nSPS) is 16.7. The standard InChI is InChI=1S/C17H21N3O/c21-17(19-8-3-10-20-11-9-18-13-20)12-15-7-6-14-4-1-2-5-16(14)15/h1-2,4-5,9,11,13,15H,3,6-8,10,12H2,(H,19,21)/t15-/m0/s1. The van der Waals surface area contributed by atoms with Crippen LogP contribution in [0.15, 0.2) is 43.0 Å². The highest BCUT2D eigenvalue weighted by Crippen LogP contribution is 2.34. The molecule has 1 amide bonds. The monoisotopic (exact) mass is 283 g/mol. The summed E-state index contributed by atoms with van der Waals surface area (Å²) in [5.74, 6) is 0.567. The van der Waals surface area contributed by atoms with E-state index in [9.17, 15) is 4.79 Å². The summed E-state index contributed by atoms with van der Waals surface area (Å²) in [6.45, 7) is 1.62. The minimum atomic E-state index is 0.169. The molecule has 2 aromatic rings. The summed E-state index contributed by atoms with van der Waals surface area (Å²) in [6.07, 6.45) is 9.27. The number of carbonyl (C=O) groups is 1. The van der Waals surface area contributed by atoms with Gasteiger partial charge < -0.3 is 9.88 Å². The number of aromatic nitrogens is 2. The maximum Gasteiger partial charge on any atom is 0.220 e. The van der Waals surface area contributed by atoms with Gasteiger partial charge in [-0.25, -0.2) is 4.98 Å². The van der Waals surface area contributed by atoms with Gasteiger partial charge in [0, 0.05) is 31.9 Å². The molecule has 1 aromatic heterocycles. The lowest BCUT2D eigenvalue weighted by Crippen LogP contribution is -2.26. The molecule has 0 spiro atoms. The Morgan fingerprint density at radius 1 is 1.38 bits per heavy atom. The van der Waals surface area contributed by atoms with E-state index in [4.69, 9.17) is 0 Å². The fraction of sp³-hybridized carbons (Fsp3) is 0.412. The van der Waals surface area contributed by atoms with E-state index in [1.807, 2.05) is 10.8 Å². The van der Waals surface area contributed by atoms with Crippen LogP contribution in [0.2, 0.25) is 0 Å². The molecule has 1 aliphatic carbocycles. The molecule has 3 rings (SSSR count). The summed E-state index contributed by atoms with van der Waals surface area (Å²) < 4.78 is 2.03. The zero-order chi connectivity index (χ0) is 14.5. The molecule has 1 N–H and O–H groups in total. The van der Waals surface area contributed by atoms with Gasteiger partial charge in [-0.15, -0.1) is 0 Å². The van der Waals surface area contributed by atoms with Crippen molar-refractivity contribution >= 4 is 5.91 Å². The maximum atomic E-state index is 12.0. The van der Waals surface area contributed by atoms with E-state index in [0.29, 0.717) is 12.3 Å². The minimum Gasteiger partial charge on any atom is -0.356 e. The number of aryl methyl sites for hydroxylation is 2. The van der Waals surface area contributed by atoms with Gasteiger partial charge in [-0.3, -0.25) is 4.79 Å². The number of rotatable bonds is 6. The Morgan fingerprint density at radius 3 is 3.14 bits per heavy atom. The summed E-state index contributed by atoms with van der Waals surface area (Å²) in [7, 11) is 0. The number of imidazole rings is 1. The average Bonchev–Trinajstić information content (AvgIpc) is 3.14. The Labute approximate surface area is 125 Å². The molecule has 0 fully saturated rings. The lowest BCUT2D eigenvalue weighted by Gasteiger charge is -2.12. The Morgan fingerprint density at radius 2 is 2.29 bits per heavy atom. The summed E-state index contributed by atoms with van der Waals surface area (Å²) >= 11 is 0. The fourth-order valence-corrected chi connectivity index (χ4v) is 3.06. The molecule has 0 saturated carbocycles. The molecule has 0 radical (unpaired) electrons. The number of nitrogens with one attached hydrogen (secondary N) is 1. The van der Waals surface area contributed by atoms with Crippen LogP contribution in [0.25, 0.3) is 0 Å². The van der Waals surface area contributed by atoms with E-state index >= 15 is 0 Å². The smallest absolute Gasteiger partial charge is 0.220 e. The van der Waals surface area contributed by atoms with Gasteiger partial charge >= 0.3 is 0 Å².